The number of rotatable bonds is 7. The third kappa shape index (κ3) is 4.33. The summed E-state index contributed by atoms with van der Waals surface area (Å²) in [5.41, 5.74) is 2.46. The molecule has 2 amide bonds. The largest absolute Gasteiger partial charge is 0.352 e. The summed E-state index contributed by atoms with van der Waals surface area (Å²) < 4.78 is 2.33. The molecule has 0 aliphatic heterocycles. The van der Waals surface area contributed by atoms with E-state index in [0.717, 1.165) is 37.1 Å². The zero-order valence-electron chi connectivity index (χ0n) is 17.6. The standard InChI is InChI=1S/C24H29N3O2S/c1-3-27-22-11-7-6-10-19(22)20-14-18(12-13-23(20)27)30-15-21(25-16(2)28)24(29)26-17-8-4-5-9-17/h6-7,10-14,17,21H,3-5,8-9,15H2,1-2H3,(H,25,28)(H,26,29). The highest BCUT2D eigenvalue weighted by atomic mass is 32.2. The van der Waals surface area contributed by atoms with Gasteiger partial charge in [-0.3, -0.25) is 9.59 Å². The van der Waals surface area contributed by atoms with Crippen molar-refractivity contribution in [3.63, 3.8) is 0 Å². The fraction of sp³-hybridized carbons (Fsp3) is 0.417. The van der Waals surface area contributed by atoms with Gasteiger partial charge in [0.15, 0.2) is 0 Å². The summed E-state index contributed by atoms with van der Waals surface area (Å²) in [4.78, 5) is 25.5. The first-order valence-corrected chi connectivity index (χ1v) is 11.8. The van der Waals surface area contributed by atoms with Gasteiger partial charge in [0, 0.05) is 52.0 Å². The third-order valence-electron chi connectivity index (χ3n) is 5.87. The predicted molar refractivity (Wildman–Crippen MR) is 124 cm³/mol. The smallest absolute Gasteiger partial charge is 0.243 e. The summed E-state index contributed by atoms with van der Waals surface area (Å²) >= 11 is 1.61. The molecule has 2 N–H and O–H groups in total. The number of amides is 2. The van der Waals surface area contributed by atoms with Crippen LogP contribution in [0.4, 0.5) is 0 Å². The lowest BCUT2D eigenvalue weighted by molar-refractivity contribution is -0.127. The van der Waals surface area contributed by atoms with Crippen molar-refractivity contribution in [1.82, 2.24) is 15.2 Å². The molecule has 1 saturated carbocycles. The first-order valence-electron chi connectivity index (χ1n) is 10.8. The van der Waals surface area contributed by atoms with Crippen molar-refractivity contribution in [3.05, 3.63) is 42.5 Å². The highest BCUT2D eigenvalue weighted by Crippen LogP contribution is 2.32. The van der Waals surface area contributed by atoms with Crippen LogP contribution in [-0.2, 0) is 16.1 Å². The van der Waals surface area contributed by atoms with Crippen LogP contribution in [-0.4, -0.2) is 34.2 Å². The zero-order chi connectivity index (χ0) is 21.1. The van der Waals surface area contributed by atoms with Crippen molar-refractivity contribution in [2.75, 3.05) is 5.75 Å². The van der Waals surface area contributed by atoms with Crippen LogP contribution in [0.15, 0.2) is 47.4 Å². The molecule has 1 fully saturated rings. The lowest BCUT2D eigenvalue weighted by atomic mass is 10.1. The van der Waals surface area contributed by atoms with Crippen LogP contribution < -0.4 is 10.6 Å². The fourth-order valence-electron chi connectivity index (χ4n) is 4.44. The van der Waals surface area contributed by atoms with Crippen LogP contribution in [0.3, 0.4) is 0 Å². The highest BCUT2D eigenvalue weighted by Gasteiger charge is 2.24. The van der Waals surface area contributed by atoms with Gasteiger partial charge in [0.05, 0.1) is 0 Å². The molecule has 1 aliphatic rings. The van der Waals surface area contributed by atoms with Crippen molar-refractivity contribution in [2.45, 2.75) is 63.1 Å². The Labute approximate surface area is 181 Å². The Kier molecular flexibility index (Phi) is 6.32. The second-order valence-corrected chi connectivity index (χ2v) is 9.09. The summed E-state index contributed by atoms with van der Waals surface area (Å²) in [6.07, 6.45) is 4.39. The van der Waals surface area contributed by atoms with Gasteiger partial charge in [0.25, 0.3) is 0 Å². The predicted octanol–water partition coefficient (Wildman–Crippen LogP) is 4.47. The number of carbonyl (C=O) groups is 2. The average Bonchev–Trinajstić information content (AvgIpc) is 3.36. The Bertz CT molecular complexity index is 1070. The van der Waals surface area contributed by atoms with Crippen molar-refractivity contribution >= 4 is 45.4 Å². The molecule has 1 aromatic heterocycles. The summed E-state index contributed by atoms with van der Waals surface area (Å²) in [7, 11) is 0. The number of hydrogen-bond acceptors (Lipinski definition) is 3. The van der Waals surface area contributed by atoms with Gasteiger partial charge in [0.1, 0.15) is 6.04 Å². The molecular formula is C24H29N3O2S. The van der Waals surface area contributed by atoms with Crippen LogP contribution in [0.1, 0.15) is 39.5 Å². The first kappa shape index (κ1) is 20.8. The van der Waals surface area contributed by atoms with Gasteiger partial charge in [-0.2, -0.15) is 0 Å². The summed E-state index contributed by atoms with van der Waals surface area (Å²) in [5.74, 6) is 0.257. The van der Waals surface area contributed by atoms with E-state index in [-0.39, 0.29) is 17.9 Å². The number of benzene rings is 2. The van der Waals surface area contributed by atoms with E-state index < -0.39 is 6.04 Å². The maximum atomic E-state index is 12.7. The Hall–Kier alpha value is -2.47. The summed E-state index contributed by atoms with van der Waals surface area (Å²) in [5, 5.41) is 8.41. The third-order valence-corrected chi connectivity index (χ3v) is 6.96. The van der Waals surface area contributed by atoms with E-state index in [1.807, 2.05) is 0 Å². The minimum atomic E-state index is -0.527. The van der Waals surface area contributed by atoms with Crippen LogP contribution in [0.2, 0.25) is 0 Å². The molecule has 0 radical (unpaired) electrons. The molecule has 0 bridgehead atoms. The quantitative estimate of drug-likeness (QED) is 0.551. The van der Waals surface area contributed by atoms with E-state index in [4.69, 9.17) is 0 Å². The van der Waals surface area contributed by atoms with Gasteiger partial charge in [-0.15, -0.1) is 11.8 Å². The van der Waals surface area contributed by atoms with Crippen LogP contribution >= 0.6 is 11.8 Å². The molecule has 0 saturated heterocycles. The molecule has 3 aromatic rings. The number of nitrogens with zero attached hydrogens (tertiary/aromatic N) is 1. The normalized spacial score (nSPS) is 15.5. The number of carbonyl (C=O) groups excluding carboxylic acids is 2. The summed E-state index contributed by atoms with van der Waals surface area (Å²) in [6, 6.07) is 14.7. The molecule has 4 rings (SSSR count). The van der Waals surface area contributed by atoms with Crippen molar-refractivity contribution < 1.29 is 9.59 Å². The topological polar surface area (TPSA) is 63.1 Å². The van der Waals surface area contributed by atoms with Gasteiger partial charge >= 0.3 is 0 Å². The Balaban J connectivity index is 1.53. The maximum absolute atomic E-state index is 12.7. The van der Waals surface area contributed by atoms with Gasteiger partial charge in [-0.1, -0.05) is 31.0 Å². The number of fused-ring (bicyclic) bond motifs is 3. The number of para-hydroxylation sites is 1. The van der Waals surface area contributed by atoms with Crippen molar-refractivity contribution in [2.24, 2.45) is 0 Å². The Morgan fingerprint density at radius 1 is 1.10 bits per heavy atom. The Morgan fingerprint density at radius 3 is 2.57 bits per heavy atom. The van der Waals surface area contributed by atoms with E-state index in [2.05, 4.69) is 64.6 Å². The van der Waals surface area contributed by atoms with Crippen LogP contribution in [0.25, 0.3) is 21.8 Å². The van der Waals surface area contributed by atoms with Gasteiger partial charge in [-0.05, 0) is 44.0 Å². The minimum absolute atomic E-state index is 0.0757. The molecule has 5 nitrogen and oxygen atoms in total. The second-order valence-electron chi connectivity index (χ2n) is 7.99. The van der Waals surface area contributed by atoms with Gasteiger partial charge in [0.2, 0.25) is 11.8 Å². The lowest BCUT2D eigenvalue weighted by Crippen LogP contribution is -2.50. The molecular weight excluding hydrogens is 394 g/mol. The number of aryl methyl sites for hydroxylation is 1. The molecule has 1 aliphatic carbocycles. The molecule has 2 aromatic carbocycles. The molecule has 30 heavy (non-hydrogen) atoms. The van der Waals surface area contributed by atoms with E-state index >= 15 is 0 Å². The molecule has 1 unspecified atom stereocenters. The second kappa shape index (κ2) is 9.13. The van der Waals surface area contributed by atoms with Crippen molar-refractivity contribution in [3.8, 4) is 0 Å². The molecule has 1 atom stereocenters. The number of nitrogens with one attached hydrogen (secondary N) is 2. The monoisotopic (exact) mass is 423 g/mol. The number of thioether (sulfide) groups is 1. The number of hydrogen-bond donors (Lipinski definition) is 2. The average molecular weight is 424 g/mol. The first-order chi connectivity index (χ1) is 14.6. The number of aromatic nitrogens is 1. The van der Waals surface area contributed by atoms with E-state index in [9.17, 15) is 9.59 Å². The maximum Gasteiger partial charge on any atom is 0.243 e. The molecule has 6 heteroatoms. The van der Waals surface area contributed by atoms with E-state index in [1.54, 1.807) is 11.8 Å². The minimum Gasteiger partial charge on any atom is -0.352 e. The summed E-state index contributed by atoms with van der Waals surface area (Å²) in [6.45, 7) is 4.55. The molecule has 158 valence electrons. The van der Waals surface area contributed by atoms with E-state index in [1.165, 1.54) is 28.7 Å². The van der Waals surface area contributed by atoms with Crippen LogP contribution in [0, 0.1) is 0 Å². The van der Waals surface area contributed by atoms with Gasteiger partial charge in [-0.25, -0.2) is 0 Å². The Morgan fingerprint density at radius 2 is 1.83 bits per heavy atom. The zero-order valence-corrected chi connectivity index (χ0v) is 18.4. The van der Waals surface area contributed by atoms with Crippen molar-refractivity contribution in [1.29, 1.82) is 0 Å². The fourth-order valence-corrected chi connectivity index (χ4v) is 5.40. The van der Waals surface area contributed by atoms with Crippen LogP contribution in [0.5, 0.6) is 0 Å². The molecule has 1 heterocycles. The van der Waals surface area contributed by atoms with Gasteiger partial charge < -0.3 is 15.2 Å². The molecule has 0 spiro atoms. The highest BCUT2D eigenvalue weighted by molar-refractivity contribution is 7.99. The SMILES string of the molecule is CCn1c2ccccc2c2cc(SCC(NC(C)=O)C(=O)NC3CCCC3)ccc21. The lowest BCUT2D eigenvalue weighted by Gasteiger charge is -2.20. The van der Waals surface area contributed by atoms with E-state index in [0.29, 0.717) is 5.75 Å².